The van der Waals surface area contributed by atoms with Gasteiger partial charge in [-0.15, -0.1) is 0 Å². The lowest BCUT2D eigenvalue weighted by Crippen LogP contribution is -2.54. The predicted octanol–water partition coefficient (Wildman–Crippen LogP) is 7.30. The fourth-order valence-electron chi connectivity index (χ4n) is 5.10. The molecule has 4 aromatic carbocycles. The van der Waals surface area contributed by atoms with E-state index in [1.807, 2.05) is 0 Å². The molecule has 8 nitrogen and oxygen atoms in total. The summed E-state index contributed by atoms with van der Waals surface area (Å²) in [5.74, 6) is -4.98. The normalized spacial score (nSPS) is 14.5. The van der Waals surface area contributed by atoms with E-state index >= 15 is 0 Å². The van der Waals surface area contributed by atoms with Crippen molar-refractivity contribution in [2.75, 3.05) is 0 Å². The first-order valence-corrected chi connectivity index (χ1v) is 12.7. The SMILES string of the molecule is O=C1OC(=O)c2cc(Oc3cccc(C(c4cccc(Oc5ccc6c(c5)C(=O)OC6=O)c4)(C(F)(F)F)C(F)(F)F)c3)ccc21. The molecule has 0 unspecified atom stereocenters. The molecule has 2 aliphatic rings. The second-order valence-electron chi connectivity index (χ2n) is 9.77. The van der Waals surface area contributed by atoms with Crippen molar-refractivity contribution in [1.29, 1.82) is 0 Å². The number of rotatable bonds is 6. The molecule has 4 aromatic rings. The fourth-order valence-corrected chi connectivity index (χ4v) is 5.10. The van der Waals surface area contributed by atoms with Crippen LogP contribution in [0.3, 0.4) is 0 Å². The van der Waals surface area contributed by atoms with Crippen molar-refractivity contribution in [2.24, 2.45) is 0 Å². The molecule has 0 spiro atoms. The molecule has 2 heterocycles. The summed E-state index contributed by atoms with van der Waals surface area (Å²) in [7, 11) is 0. The van der Waals surface area contributed by atoms with Gasteiger partial charge in [-0.3, -0.25) is 0 Å². The van der Waals surface area contributed by atoms with E-state index in [1.165, 1.54) is 24.3 Å². The summed E-state index contributed by atoms with van der Waals surface area (Å²) >= 11 is 0. The zero-order valence-corrected chi connectivity index (χ0v) is 22.1. The average molecular weight is 628 g/mol. The lowest BCUT2D eigenvalue weighted by atomic mass is 9.73. The molecule has 0 saturated heterocycles. The van der Waals surface area contributed by atoms with E-state index in [1.54, 1.807) is 0 Å². The fraction of sp³-hybridized carbons (Fsp3) is 0.0968. The Hall–Kier alpha value is -5.66. The lowest BCUT2D eigenvalue weighted by molar-refractivity contribution is -0.288. The van der Waals surface area contributed by atoms with Crippen LogP contribution in [-0.2, 0) is 14.9 Å². The van der Waals surface area contributed by atoms with Gasteiger partial charge in [0.15, 0.2) is 0 Å². The molecule has 0 aliphatic carbocycles. The summed E-state index contributed by atoms with van der Waals surface area (Å²) in [6.45, 7) is 0. The standard InChI is InChI=1S/C31H14F6O8/c32-30(33,34)29(31(35,36)37,15-3-1-5-17(11-15)42-19-7-9-21-23(13-19)27(40)44-25(21)38)16-4-2-6-18(12-16)43-20-8-10-22-24(14-20)28(41)45-26(22)39/h1-14H. The molecule has 45 heavy (non-hydrogen) atoms. The smallest absolute Gasteiger partial charge is 0.411 e. The van der Waals surface area contributed by atoms with Gasteiger partial charge in [0.05, 0.1) is 22.3 Å². The van der Waals surface area contributed by atoms with E-state index in [0.717, 1.165) is 36.4 Å². The third-order valence-corrected chi connectivity index (χ3v) is 7.09. The minimum absolute atomic E-state index is 0.0790. The maximum atomic E-state index is 14.9. The largest absolute Gasteiger partial charge is 0.457 e. The predicted molar refractivity (Wildman–Crippen MR) is 138 cm³/mol. The number of fused-ring (bicyclic) bond motifs is 2. The number of carbonyl (C=O) groups excluding carboxylic acids is 4. The molecule has 0 atom stereocenters. The highest BCUT2D eigenvalue weighted by atomic mass is 19.4. The summed E-state index contributed by atoms with van der Waals surface area (Å²) < 4.78 is 109. The highest BCUT2D eigenvalue weighted by molar-refractivity contribution is 6.15. The van der Waals surface area contributed by atoms with Crippen LogP contribution < -0.4 is 9.47 Å². The number of carbonyl (C=O) groups is 4. The highest BCUT2D eigenvalue weighted by Crippen LogP contribution is 2.57. The van der Waals surface area contributed by atoms with Gasteiger partial charge in [0.1, 0.15) is 23.0 Å². The second kappa shape index (κ2) is 10.2. The Labute approximate surface area is 247 Å². The van der Waals surface area contributed by atoms with Crippen LogP contribution in [0.4, 0.5) is 26.3 Å². The minimum atomic E-state index is -5.95. The highest BCUT2D eigenvalue weighted by Gasteiger charge is 2.72. The molecule has 14 heteroatoms. The summed E-state index contributed by atoms with van der Waals surface area (Å²) in [6, 6.07) is 13.4. The van der Waals surface area contributed by atoms with Crippen LogP contribution in [0.5, 0.6) is 23.0 Å². The number of cyclic esters (lactones) is 4. The summed E-state index contributed by atoms with van der Waals surface area (Å²) in [5.41, 5.74) is -7.59. The number of alkyl halides is 6. The molecule has 2 aliphatic heterocycles. The van der Waals surface area contributed by atoms with E-state index in [2.05, 4.69) is 9.47 Å². The van der Waals surface area contributed by atoms with Crippen LogP contribution in [-0.4, -0.2) is 36.2 Å². The Morgan fingerprint density at radius 2 is 0.800 bits per heavy atom. The minimum Gasteiger partial charge on any atom is -0.457 e. The monoisotopic (exact) mass is 628 g/mol. The van der Waals surface area contributed by atoms with Crippen molar-refractivity contribution in [2.45, 2.75) is 17.8 Å². The zero-order valence-electron chi connectivity index (χ0n) is 22.1. The molecule has 0 aromatic heterocycles. The van der Waals surface area contributed by atoms with Crippen molar-refractivity contribution in [1.82, 2.24) is 0 Å². The Bertz CT molecular complexity index is 1790. The van der Waals surface area contributed by atoms with Crippen LogP contribution in [0.25, 0.3) is 0 Å². The number of benzene rings is 4. The maximum absolute atomic E-state index is 14.9. The van der Waals surface area contributed by atoms with Gasteiger partial charge in [0, 0.05) is 0 Å². The molecule has 6 rings (SSSR count). The van der Waals surface area contributed by atoms with Crippen molar-refractivity contribution in [3.8, 4) is 23.0 Å². The summed E-state index contributed by atoms with van der Waals surface area (Å²) in [4.78, 5) is 47.1. The van der Waals surface area contributed by atoms with E-state index in [4.69, 9.17) is 9.47 Å². The molecule has 0 amide bonds. The van der Waals surface area contributed by atoms with Gasteiger partial charge < -0.3 is 18.9 Å². The summed E-state index contributed by atoms with van der Waals surface area (Å²) in [6.07, 6.45) is -11.9. The Kier molecular flexibility index (Phi) is 6.68. The van der Waals surface area contributed by atoms with Gasteiger partial charge in [-0.1, -0.05) is 24.3 Å². The number of esters is 4. The van der Waals surface area contributed by atoms with E-state index in [-0.39, 0.29) is 33.8 Å². The first-order valence-electron chi connectivity index (χ1n) is 12.7. The van der Waals surface area contributed by atoms with Gasteiger partial charge in [-0.25, -0.2) is 19.2 Å². The number of hydrogen-bond donors (Lipinski definition) is 0. The molecular formula is C31H14F6O8. The van der Waals surface area contributed by atoms with Crippen LogP contribution >= 0.6 is 0 Å². The van der Waals surface area contributed by atoms with Crippen LogP contribution in [0.15, 0.2) is 84.9 Å². The van der Waals surface area contributed by atoms with Gasteiger partial charge >= 0.3 is 36.2 Å². The van der Waals surface area contributed by atoms with Gasteiger partial charge in [-0.2, -0.15) is 26.3 Å². The Morgan fingerprint density at radius 3 is 1.18 bits per heavy atom. The van der Waals surface area contributed by atoms with Gasteiger partial charge in [0.25, 0.3) is 0 Å². The zero-order chi connectivity index (χ0) is 32.3. The summed E-state index contributed by atoms with van der Waals surface area (Å²) in [5, 5.41) is 0. The Balaban J connectivity index is 1.40. The Morgan fingerprint density at radius 1 is 0.444 bits per heavy atom. The van der Waals surface area contributed by atoms with Crippen molar-refractivity contribution >= 4 is 23.9 Å². The quantitative estimate of drug-likeness (QED) is 0.124. The first-order chi connectivity index (χ1) is 21.2. The number of hydrogen-bond acceptors (Lipinski definition) is 8. The average Bonchev–Trinajstić information content (AvgIpc) is 3.40. The maximum Gasteiger partial charge on any atom is 0.411 e. The van der Waals surface area contributed by atoms with Crippen LogP contribution in [0, 0.1) is 0 Å². The molecule has 0 fully saturated rings. The first kappa shape index (κ1) is 29.4. The number of ether oxygens (including phenoxy) is 4. The van der Waals surface area contributed by atoms with E-state index in [9.17, 15) is 45.5 Å². The van der Waals surface area contributed by atoms with Gasteiger partial charge in [-0.05, 0) is 71.8 Å². The van der Waals surface area contributed by atoms with Crippen molar-refractivity contribution < 1.29 is 64.5 Å². The molecule has 0 N–H and O–H groups in total. The van der Waals surface area contributed by atoms with Gasteiger partial charge in [0.2, 0.25) is 5.41 Å². The third kappa shape index (κ3) is 4.83. The van der Waals surface area contributed by atoms with Crippen LogP contribution in [0.1, 0.15) is 52.6 Å². The number of halogens is 6. The lowest BCUT2D eigenvalue weighted by Gasteiger charge is -2.38. The van der Waals surface area contributed by atoms with E-state index < -0.39 is 64.3 Å². The molecule has 0 radical (unpaired) electrons. The van der Waals surface area contributed by atoms with E-state index in [0.29, 0.717) is 24.3 Å². The van der Waals surface area contributed by atoms with Crippen molar-refractivity contribution in [3.63, 3.8) is 0 Å². The topological polar surface area (TPSA) is 105 Å². The molecule has 0 saturated carbocycles. The van der Waals surface area contributed by atoms with Crippen LogP contribution in [0.2, 0.25) is 0 Å². The van der Waals surface area contributed by atoms with Crippen molar-refractivity contribution in [3.05, 3.63) is 118 Å². The molecule has 0 bridgehead atoms. The third-order valence-electron chi connectivity index (χ3n) is 7.09. The molecule has 228 valence electrons. The second-order valence-corrected chi connectivity index (χ2v) is 9.77. The molecular weight excluding hydrogens is 614 g/mol.